The molecule has 3 heterocycles. The highest BCUT2D eigenvalue weighted by atomic mass is 16.3. The van der Waals surface area contributed by atoms with Crippen molar-refractivity contribution >= 4 is 22.5 Å². The van der Waals surface area contributed by atoms with Gasteiger partial charge in [0.25, 0.3) is 0 Å². The normalized spacial score (nSPS) is 12.1. The van der Waals surface area contributed by atoms with Gasteiger partial charge in [-0.15, -0.1) is 0 Å². The summed E-state index contributed by atoms with van der Waals surface area (Å²) in [6, 6.07) is 14.1. The molecule has 0 fully saturated rings. The number of fused-ring (bicyclic) bond motifs is 1. The molecule has 0 unspecified atom stereocenters. The van der Waals surface area contributed by atoms with Crippen molar-refractivity contribution in [1.29, 1.82) is 0 Å². The SMILES string of the molecule is C/C=C\C=C(/C)c1oc2ncnc(NCCc3ccco3)c2c1-c1ccccc1. The van der Waals surface area contributed by atoms with Crippen molar-refractivity contribution in [3.05, 3.63) is 84.8 Å². The molecule has 0 aliphatic carbocycles. The highest BCUT2D eigenvalue weighted by Gasteiger charge is 2.21. The smallest absolute Gasteiger partial charge is 0.232 e. The van der Waals surface area contributed by atoms with Crippen LogP contribution in [0.1, 0.15) is 25.4 Å². The third-order valence-electron chi connectivity index (χ3n) is 4.69. The molecular formula is C24H23N3O2. The average molecular weight is 385 g/mol. The minimum Gasteiger partial charge on any atom is -0.469 e. The van der Waals surface area contributed by atoms with Crippen LogP contribution >= 0.6 is 0 Å². The van der Waals surface area contributed by atoms with E-state index in [1.54, 1.807) is 6.26 Å². The fourth-order valence-electron chi connectivity index (χ4n) is 3.30. The van der Waals surface area contributed by atoms with Gasteiger partial charge in [-0.1, -0.05) is 48.6 Å². The van der Waals surface area contributed by atoms with E-state index in [-0.39, 0.29) is 0 Å². The Kier molecular flexibility index (Phi) is 5.56. The van der Waals surface area contributed by atoms with E-state index in [2.05, 4.69) is 27.4 Å². The monoisotopic (exact) mass is 385 g/mol. The van der Waals surface area contributed by atoms with Crippen LogP contribution in [0.5, 0.6) is 0 Å². The van der Waals surface area contributed by atoms with Crippen LogP contribution < -0.4 is 5.32 Å². The number of furan rings is 2. The summed E-state index contributed by atoms with van der Waals surface area (Å²) in [6.45, 7) is 4.73. The van der Waals surface area contributed by atoms with Crippen molar-refractivity contribution in [3.63, 3.8) is 0 Å². The zero-order chi connectivity index (χ0) is 20.1. The highest BCUT2D eigenvalue weighted by molar-refractivity contribution is 6.04. The number of benzene rings is 1. The van der Waals surface area contributed by atoms with Crippen LogP contribution in [0, 0.1) is 0 Å². The predicted molar refractivity (Wildman–Crippen MR) is 117 cm³/mol. The van der Waals surface area contributed by atoms with Crippen molar-refractivity contribution in [1.82, 2.24) is 9.97 Å². The lowest BCUT2D eigenvalue weighted by Crippen LogP contribution is -2.06. The van der Waals surface area contributed by atoms with Gasteiger partial charge in [-0.25, -0.2) is 9.97 Å². The number of nitrogens with one attached hydrogen (secondary N) is 1. The summed E-state index contributed by atoms with van der Waals surface area (Å²) in [5, 5.41) is 4.32. The molecule has 0 radical (unpaired) electrons. The maximum Gasteiger partial charge on any atom is 0.232 e. The summed E-state index contributed by atoms with van der Waals surface area (Å²) in [4.78, 5) is 8.89. The van der Waals surface area contributed by atoms with Crippen LogP contribution in [0.25, 0.3) is 27.8 Å². The van der Waals surface area contributed by atoms with Crippen molar-refractivity contribution in [2.24, 2.45) is 0 Å². The molecule has 146 valence electrons. The Morgan fingerprint density at radius 1 is 1.10 bits per heavy atom. The van der Waals surface area contributed by atoms with E-state index in [0.29, 0.717) is 12.3 Å². The Morgan fingerprint density at radius 3 is 2.72 bits per heavy atom. The van der Waals surface area contributed by atoms with E-state index in [0.717, 1.165) is 45.8 Å². The maximum atomic E-state index is 6.19. The number of anilines is 1. The summed E-state index contributed by atoms with van der Waals surface area (Å²) in [6.07, 6.45) is 10.0. The van der Waals surface area contributed by atoms with Gasteiger partial charge in [0, 0.05) is 18.5 Å². The lowest BCUT2D eigenvalue weighted by atomic mass is 9.99. The van der Waals surface area contributed by atoms with Gasteiger partial charge in [0.2, 0.25) is 5.71 Å². The van der Waals surface area contributed by atoms with E-state index in [1.807, 2.05) is 62.4 Å². The Labute approximate surface area is 169 Å². The number of nitrogens with zero attached hydrogens (tertiary/aromatic N) is 2. The molecule has 0 atom stereocenters. The predicted octanol–water partition coefficient (Wildman–Crippen LogP) is 6.12. The number of rotatable bonds is 7. The van der Waals surface area contributed by atoms with Crippen molar-refractivity contribution in [2.45, 2.75) is 20.3 Å². The Balaban J connectivity index is 1.80. The van der Waals surface area contributed by atoms with Gasteiger partial charge in [0.15, 0.2) is 0 Å². The molecular weight excluding hydrogens is 362 g/mol. The number of allylic oxidation sites excluding steroid dienone is 4. The van der Waals surface area contributed by atoms with Crippen molar-refractivity contribution in [3.8, 4) is 11.1 Å². The van der Waals surface area contributed by atoms with Gasteiger partial charge in [0.05, 0.1) is 11.6 Å². The maximum absolute atomic E-state index is 6.19. The summed E-state index contributed by atoms with van der Waals surface area (Å²) < 4.78 is 11.6. The van der Waals surface area contributed by atoms with E-state index in [4.69, 9.17) is 8.83 Å². The lowest BCUT2D eigenvalue weighted by Gasteiger charge is -2.08. The van der Waals surface area contributed by atoms with Gasteiger partial charge in [-0.05, 0) is 37.1 Å². The van der Waals surface area contributed by atoms with Crippen LogP contribution in [-0.4, -0.2) is 16.5 Å². The topological polar surface area (TPSA) is 64.1 Å². The Morgan fingerprint density at radius 2 is 1.97 bits per heavy atom. The van der Waals surface area contributed by atoms with Crippen molar-refractivity contribution in [2.75, 3.05) is 11.9 Å². The number of aromatic nitrogens is 2. The van der Waals surface area contributed by atoms with Gasteiger partial charge in [-0.3, -0.25) is 0 Å². The number of hydrogen-bond acceptors (Lipinski definition) is 5. The lowest BCUT2D eigenvalue weighted by molar-refractivity contribution is 0.513. The summed E-state index contributed by atoms with van der Waals surface area (Å²) in [5.74, 6) is 2.50. The third kappa shape index (κ3) is 3.99. The molecule has 0 spiro atoms. The molecule has 4 aromatic rings. The van der Waals surface area contributed by atoms with E-state index in [9.17, 15) is 0 Å². The van der Waals surface area contributed by atoms with Gasteiger partial charge in [-0.2, -0.15) is 0 Å². The Hall–Kier alpha value is -3.60. The first-order valence-corrected chi connectivity index (χ1v) is 9.67. The van der Waals surface area contributed by atoms with Gasteiger partial charge < -0.3 is 14.2 Å². The summed E-state index contributed by atoms with van der Waals surface area (Å²) in [5.41, 5.74) is 3.67. The zero-order valence-corrected chi connectivity index (χ0v) is 16.6. The molecule has 0 bridgehead atoms. The Bertz CT molecular complexity index is 1140. The minimum absolute atomic E-state index is 0.572. The van der Waals surface area contributed by atoms with Crippen molar-refractivity contribution < 1.29 is 8.83 Å². The van der Waals surface area contributed by atoms with Gasteiger partial charge >= 0.3 is 0 Å². The molecule has 5 nitrogen and oxygen atoms in total. The molecule has 3 aromatic heterocycles. The quantitative estimate of drug-likeness (QED) is 0.388. The number of hydrogen-bond donors (Lipinski definition) is 1. The molecule has 29 heavy (non-hydrogen) atoms. The van der Waals surface area contributed by atoms with E-state index >= 15 is 0 Å². The second-order valence-electron chi connectivity index (χ2n) is 6.71. The first-order valence-electron chi connectivity index (χ1n) is 9.67. The van der Waals surface area contributed by atoms with Crippen LogP contribution in [0.2, 0.25) is 0 Å². The van der Waals surface area contributed by atoms with Gasteiger partial charge in [0.1, 0.15) is 23.7 Å². The molecule has 0 aliphatic rings. The molecule has 0 amide bonds. The molecule has 1 aromatic carbocycles. The molecule has 5 heteroatoms. The molecule has 0 saturated heterocycles. The fourth-order valence-corrected chi connectivity index (χ4v) is 3.30. The largest absolute Gasteiger partial charge is 0.469 e. The van der Waals surface area contributed by atoms with Crippen LogP contribution in [0.4, 0.5) is 5.82 Å². The molecule has 0 aliphatic heterocycles. The highest BCUT2D eigenvalue weighted by Crippen LogP contribution is 2.40. The molecule has 0 saturated carbocycles. The van der Waals surface area contributed by atoms with Crippen LogP contribution in [0.15, 0.2) is 82.1 Å². The van der Waals surface area contributed by atoms with Crippen LogP contribution in [0.3, 0.4) is 0 Å². The second kappa shape index (κ2) is 8.61. The van der Waals surface area contributed by atoms with E-state index < -0.39 is 0 Å². The molecule has 1 N–H and O–H groups in total. The standard InChI is InChI=1S/C24H23N3O2/c1-3-4-9-17(2)22-20(18-10-6-5-7-11-18)21-23(26-16-27-24(21)29-22)25-14-13-19-12-8-15-28-19/h3-12,15-16H,13-14H2,1-2H3,(H,25,26,27)/b4-3-,17-9+. The third-order valence-corrected chi connectivity index (χ3v) is 4.69. The first-order chi connectivity index (χ1) is 14.3. The van der Waals surface area contributed by atoms with Crippen LogP contribution in [-0.2, 0) is 6.42 Å². The zero-order valence-electron chi connectivity index (χ0n) is 16.6. The second-order valence-corrected chi connectivity index (χ2v) is 6.71. The average Bonchev–Trinajstić information content (AvgIpc) is 3.41. The van der Waals surface area contributed by atoms with E-state index in [1.165, 1.54) is 6.33 Å². The summed E-state index contributed by atoms with van der Waals surface area (Å²) in [7, 11) is 0. The first kappa shape index (κ1) is 18.7. The minimum atomic E-state index is 0.572. The fraction of sp³-hybridized carbons (Fsp3) is 0.167. The summed E-state index contributed by atoms with van der Waals surface area (Å²) >= 11 is 0. The molecule has 4 rings (SSSR count).